The van der Waals surface area contributed by atoms with Crippen LogP contribution in [0.25, 0.3) is 0 Å². The molecular weight excluding hydrogens is 206 g/mol. The molecule has 1 atom stereocenters. The zero-order valence-electron chi connectivity index (χ0n) is 9.63. The molecule has 0 saturated heterocycles. The Morgan fingerprint density at radius 1 is 1.60 bits per heavy atom. The van der Waals surface area contributed by atoms with Crippen molar-refractivity contribution in [1.29, 1.82) is 5.26 Å². The van der Waals surface area contributed by atoms with Gasteiger partial charge in [-0.15, -0.1) is 0 Å². The third kappa shape index (κ3) is 3.65. The van der Waals surface area contributed by atoms with Crippen molar-refractivity contribution in [2.45, 2.75) is 50.1 Å². The van der Waals surface area contributed by atoms with Gasteiger partial charge in [-0.05, 0) is 18.9 Å². The Morgan fingerprint density at radius 3 is 2.47 bits per heavy atom. The number of rotatable bonds is 4. The molecule has 0 radical (unpaired) electrons. The van der Waals surface area contributed by atoms with Crippen molar-refractivity contribution in [2.75, 3.05) is 0 Å². The fourth-order valence-electron chi connectivity index (χ4n) is 1.47. The van der Waals surface area contributed by atoms with Gasteiger partial charge in [0, 0.05) is 8.07 Å². The number of nitrogens with zero attached hydrogens (tertiary/aromatic N) is 1. The molecule has 1 aliphatic carbocycles. The lowest BCUT2D eigenvalue weighted by atomic mass is 10.2. The molecule has 0 spiro atoms. The first-order valence-electron chi connectivity index (χ1n) is 5.27. The molecule has 3 N–H and O–H groups in total. The first-order valence-corrected chi connectivity index (χ1v) is 8.98. The molecule has 0 aliphatic heterocycles. The number of nitriles is 1. The molecular formula is C10H19N3OSi. The quantitative estimate of drug-likeness (QED) is 0.695. The summed E-state index contributed by atoms with van der Waals surface area (Å²) in [6.45, 7) is 6.53. The van der Waals surface area contributed by atoms with Crippen molar-refractivity contribution < 1.29 is 4.79 Å². The van der Waals surface area contributed by atoms with Crippen LogP contribution in [0.2, 0.25) is 25.7 Å². The van der Waals surface area contributed by atoms with E-state index in [0.29, 0.717) is 0 Å². The summed E-state index contributed by atoms with van der Waals surface area (Å²) in [5.41, 5.74) is 5.22. The maximum atomic E-state index is 11.7. The molecule has 1 fully saturated rings. The maximum absolute atomic E-state index is 11.7. The molecule has 0 heterocycles. The lowest BCUT2D eigenvalue weighted by Crippen LogP contribution is -2.48. The Bertz CT molecular complexity index is 299. The Labute approximate surface area is 91.8 Å². The van der Waals surface area contributed by atoms with Gasteiger partial charge in [-0.25, -0.2) is 0 Å². The molecule has 0 bridgehead atoms. The van der Waals surface area contributed by atoms with E-state index in [-0.39, 0.29) is 5.91 Å². The van der Waals surface area contributed by atoms with Gasteiger partial charge in [-0.2, -0.15) is 5.26 Å². The van der Waals surface area contributed by atoms with Crippen molar-refractivity contribution in [3.8, 4) is 6.07 Å². The van der Waals surface area contributed by atoms with Gasteiger partial charge in [0.25, 0.3) is 0 Å². The highest BCUT2D eigenvalue weighted by Crippen LogP contribution is 2.34. The molecule has 1 aliphatic rings. The summed E-state index contributed by atoms with van der Waals surface area (Å²) < 4.78 is 0. The smallest absolute Gasteiger partial charge is 0.237 e. The largest absolute Gasteiger partial charge is 0.336 e. The van der Waals surface area contributed by atoms with E-state index < -0.39 is 19.7 Å². The van der Waals surface area contributed by atoms with Gasteiger partial charge < -0.3 is 11.1 Å². The second kappa shape index (κ2) is 3.95. The Balaban J connectivity index is 2.45. The van der Waals surface area contributed by atoms with Gasteiger partial charge in [-0.1, -0.05) is 19.6 Å². The number of nitrogens with one attached hydrogen (secondary N) is 1. The lowest BCUT2D eigenvalue weighted by Gasteiger charge is -2.21. The molecule has 0 aromatic rings. The summed E-state index contributed by atoms with van der Waals surface area (Å²) >= 11 is 0. The zero-order chi connectivity index (χ0) is 11.7. The van der Waals surface area contributed by atoms with Crippen LogP contribution in [0.15, 0.2) is 0 Å². The van der Waals surface area contributed by atoms with Gasteiger partial charge >= 0.3 is 0 Å². The van der Waals surface area contributed by atoms with Gasteiger partial charge in [0.2, 0.25) is 5.91 Å². The van der Waals surface area contributed by atoms with E-state index >= 15 is 0 Å². The van der Waals surface area contributed by atoms with Crippen molar-refractivity contribution >= 4 is 14.0 Å². The lowest BCUT2D eigenvalue weighted by molar-refractivity contribution is -0.122. The third-order valence-corrected chi connectivity index (χ3v) is 4.16. The predicted molar refractivity (Wildman–Crippen MR) is 61.8 cm³/mol. The first kappa shape index (κ1) is 12.2. The monoisotopic (exact) mass is 225 g/mol. The standard InChI is InChI=1S/C10H19N3OSi/c1-15(2,3)6-8(12)9(14)13-10(7-11)4-5-10/h8H,4-6,12H2,1-3H3,(H,13,14)/t8-/m0/s1. The molecule has 15 heavy (non-hydrogen) atoms. The minimum Gasteiger partial charge on any atom is -0.336 e. The summed E-state index contributed by atoms with van der Waals surface area (Å²) in [5, 5.41) is 11.6. The molecule has 0 aromatic carbocycles. The van der Waals surface area contributed by atoms with Crippen molar-refractivity contribution in [3.63, 3.8) is 0 Å². The van der Waals surface area contributed by atoms with Crippen LogP contribution in [-0.4, -0.2) is 25.6 Å². The van der Waals surface area contributed by atoms with Crippen LogP contribution in [0.4, 0.5) is 0 Å². The van der Waals surface area contributed by atoms with E-state index in [4.69, 9.17) is 11.0 Å². The van der Waals surface area contributed by atoms with Crippen molar-refractivity contribution in [2.24, 2.45) is 5.73 Å². The number of hydrogen-bond acceptors (Lipinski definition) is 3. The summed E-state index contributed by atoms with van der Waals surface area (Å²) in [6, 6.07) is 2.43. The Hall–Kier alpha value is -0.863. The highest BCUT2D eigenvalue weighted by Gasteiger charge is 2.45. The van der Waals surface area contributed by atoms with Crippen LogP contribution < -0.4 is 11.1 Å². The SMILES string of the molecule is C[Si](C)(C)C[C@H](N)C(=O)NC1(C#N)CC1. The van der Waals surface area contributed by atoms with E-state index in [1.165, 1.54) is 0 Å². The zero-order valence-corrected chi connectivity index (χ0v) is 10.6. The summed E-state index contributed by atoms with van der Waals surface area (Å²) in [5.74, 6) is -0.170. The van der Waals surface area contributed by atoms with Crippen LogP contribution in [0, 0.1) is 11.3 Å². The number of nitrogens with two attached hydrogens (primary N) is 1. The highest BCUT2D eigenvalue weighted by molar-refractivity contribution is 6.76. The minimum atomic E-state index is -1.32. The summed E-state index contributed by atoms with van der Waals surface area (Å²) in [7, 11) is -1.32. The van der Waals surface area contributed by atoms with Gasteiger partial charge in [-0.3, -0.25) is 4.79 Å². The predicted octanol–water partition coefficient (Wildman–Crippen LogP) is 0.824. The molecule has 5 heteroatoms. The molecule has 4 nitrogen and oxygen atoms in total. The molecule has 0 aromatic heterocycles. The molecule has 0 unspecified atom stereocenters. The number of amides is 1. The fraction of sp³-hybridized carbons (Fsp3) is 0.800. The molecule has 1 rings (SSSR count). The number of hydrogen-bond donors (Lipinski definition) is 2. The van der Waals surface area contributed by atoms with Gasteiger partial charge in [0.05, 0.1) is 12.1 Å². The van der Waals surface area contributed by atoms with Crippen LogP contribution in [0.1, 0.15) is 12.8 Å². The van der Waals surface area contributed by atoms with E-state index in [2.05, 4.69) is 31.0 Å². The van der Waals surface area contributed by atoms with Crippen molar-refractivity contribution in [1.82, 2.24) is 5.32 Å². The van der Waals surface area contributed by atoms with Crippen LogP contribution >= 0.6 is 0 Å². The first-order chi connectivity index (χ1) is 6.78. The summed E-state index contributed by atoms with van der Waals surface area (Å²) in [4.78, 5) is 11.7. The van der Waals surface area contributed by atoms with Gasteiger partial charge in [0.1, 0.15) is 5.54 Å². The highest BCUT2D eigenvalue weighted by atomic mass is 28.3. The number of carbonyl (C=O) groups excluding carboxylic acids is 1. The minimum absolute atomic E-state index is 0.170. The van der Waals surface area contributed by atoms with Crippen LogP contribution in [-0.2, 0) is 4.79 Å². The average molecular weight is 225 g/mol. The molecule has 84 valence electrons. The van der Waals surface area contributed by atoms with E-state index in [1.807, 2.05) is 0 Å². The number of carbonyl (C=O) groups is 1. The Kier molecular flexibility index (Phi) is 3.21. The van der Waals surface area contributed by atoms with E-state index in [1.54, 1.807) is 0 Å². The normalized spacial score (nSPS) is 20.2. The van der Waals surface area contributed by atoms with E-state index in [0.717, 1.165) is 18.9 Å². The summed E-state index contributed by atoms with van der Waals surface area (Å²) in [6.07, 6.45) is 1.52. The third-order valence-electron chi connectivity index (χ3n) is 2.50. The fourth-order valence-corrected chi connectivity index (χ4v) is 2.98. The van der Waals surface area contributed by atoms with Gasteiger partial charge in [0.15, 0.2) is 0 Å². The van der Waals surface area contributed by atoms with E-state index in [9.17, 15) is 4.79 Å². The average Bonchev–Trinajstić information content (AvgIpc) is 2.82. The Morgan fingerprint density at radius 2 is 2.13 bits per heavy atom. The maximum Gasteiger partial charge on any atom is 0.237 e. The molecule has 1 saturated carbocycles. The molecule has 1 amide bonds. The second-order valence-electron chi connectivity index (χ2n) is 5.55. The second-order valence-corrected chi connectivity index (χ2v) is 11.1. The van der Waals surface area contributed by atoms with Crippen LogP contribution in [0.3, 0.4) is 0 Å². The van der Waals surface area contributed by atoms with Crippen LogP contribution in [0.5, 0.6) is 0 Å². The topological polar surface area (TPSA) is 78.9 Å². The van der Waals surface area contributed by atoms with Crippen molar-refractivity contribution in [3.05, 3.63) is 0 Å².